The van der Waals surface area contributed by atoms with E-state index in [4.69, 9.17) is 14.7 Å². The number of morpholine rings is 1. The van der Waals surface area contributed by atoms with Crippen molar-refractivity contribution in [1.29, 1.82) is 0 Å². The van der Waals surface area contributed by atoms with Gasteiger partial charge in [0.05, 0.1) is 36.4 Å². The monoisotopic (exact) mass is 408 g/mol. The van der Waals surface area contributed by atoms with Crippen LogP contribution in [0.25, 0.3) is 11.0 Å². The first kappa shape index (κ1) is 19.1. The smallest absolute Gasteiger partial charge is 0.229 e. The molecule has 0 aliphatic carbocycles. The van der Waals surface area contributed by atoms with Gasteiger partial charge in [-0.2, -0.15) is 9.97 Å². The van der Waals surface area contributed by atoms with Crippen LogP contribution in [-0.2, 0) is 4.74 Å². The number of ether oxygens (including phenoxy) is 1. The molecule has 156 valence electrons. The van der Waals surface area contributed by atoms with Gasteiger partial charge in [0.25, 0.3) is 0 Å². The standard InChI is InChI=1S/C22H25FN6O/c1-14-13-30-12-11-28(14)22-26-20-17(6-4-9-25-20)21(27-22)29-10-7-18(29)16-5-3-8-24-19(16)15(2)23/h3-6,8-9,14-15,18H,7,10-13H2,1-2H3/t14-,15?,18?/m1/s1. The van der Waals surface area contributed by atoms with Crippen LogP contribution in [0.1, 0.15) is 43.7 Å². The molecule has 0 saturated carbocycles. The van der Waals surface area contributed by atoms with Gasteiger partial charge in [-0.05, 0) is 44.0 Å². The summed E-state index contributed by atoms with van der Waals surface area (Å²) in [4.78, 5) is 22.9. The van der Waals surface area contributed by atoms with Gasteiger partial charge in [0.2, 0.25) is 5.95 Å². The van der Waals surface area contributed by atoms with Crippen LogP contribution in [-0.4, -0.2) is 52.3 Å². The molecule has 3 aromatic rings. The van der Waals surface area contributed by atoms with Crippen molar-refractivity contribution in [3.05, 3.63) is 47.9 Å². The van der Waals surface area contributed by atoms with Gasteiger partial charge < -0.3 is 14.5 Å². The van der Waals surface area contributed by atoms with E-state index in [0.717, 1.165) is 36.3 Å². The van der Waals surface area contributed by atoms with Crippen LogP contribution >= 0.6 is 0 Å². The van der Waals surface area contributed by atoms with Gasteiger partial charge in [0.15, 0.2) is 5.65 Å². The molecule has 2 unspecified atom stereocenters. The summed E-state index contributed by atoms with van der Waals surface area (Å²) in [5, 5.41) is 0.908. The number of aromatic nitrogens is 4. The van der Waals surface area contributed by atoms with Gasteiger partial charge in [0.1, 0.15) is 12.0 Å². The van der Waals surface area contributed by atoms with Gasteiger partial charge in [-0.25, -0.2) is 9.37 Å². The maximum atomic E-state index is 14.2. The van der Waals surface area contributed by atoms with E-state index in [-0.39, 0.29) is 12.1 Å². The quantitative estimate of drug-likeness (QED) is 0.653. The lowest BCUT2D eigenvalue weighted by Crippen LogP contribution is -2.45. The average Bonchev–Trinajstić information content (AvgIpc) is 2.73. The summed E-state index contributed by atoms with van der Waals surface area (Å²) in [5.41, 5.74) is 2.11. The SMILES string of the molecule is CC(F)c1ncccc1C1CCN1c1nc(N2CCOC[C@H]2C)nc2ncccc12. The maximum absolute atomic E-state index is 14.2. The number of nitrogens with zero attached hydrogens (tertiary/aromatic N) is 6. The van der Waals surface area contributed by atoms with Crippen molar-refractivity contribution in [1.82, 2.24) is 19.9 Å². The lowest BCUT2D eigenvalue weighted by atomic mass is 9.92. The topological polar surface area (TPSA) is 67.3 Å². The first-order valence-corrected chi connectivity index (χ1v) is 10.5. The number of hydrogen-bond donors (Lipinski definition) is 0. The molecule has 8 heteroatoms. The Hall–Kier alpha value is -2.87. The van der Waals surface area contributed by atoms with Gasteiger partial charge >= 0.3 is 0 Å². The summed E-state index contributed by atoms with van der Waals surface area (Å²) in [7, 11) is 0. The maximum Gasteiger partial charge on any atom is 0.229 e. The lowest BCUT2D eigenvalue weighted by molar-refractivity contribution is 0.0981. The third-order valence-electron chi connectivity index (χ3n) is 5.96. The van der Waals surface area contributed by atoms with Crippen LogP contribution in [0.4, 0.5) is 16.2 Å². The van der Waals surface area contributed by atoms with Crippen molar-refractivity contribution in [3.63, 3.8) is 0 Å². The normalized spacial score (nSPS) is 22.8. The van der Waals surface area contributed by atoms with Crippen LogP contribution < -0.4 is 9.80 Å². The summed E-state index contributed by atoms with van der Waals surface area (Å²) in [6.07, 6.45) is 3.22. The van der Waals surface area contributed by atoms with E-state index < -0.39 is 6.17 Å². The van der Waals surface area contributed by atoms with Crippen LogP contribution in [0.15, 0.2) is 36.7 Å². The Kier molecular flexibility index (Phi) is 4.94. The Morgan fingerprint density at radius 1 is 1.10 bits per heavy atom. The Morgan fingerprint density at radius 3 is 2.70 bits per heavy atom. The summed E-state index contributed by atoms with van der Waals surface area (Å²) in [6, 6.07) is 7.99. The highest BCUT2D eigenvalue weighted by atomic mass is 19.1. The fourth-order valence-electron chi connectivity index (χ4n) is 4.32. The summed E-state index contributed by atoms with van der Waals surface area (Å²) in [5.74, 6) is 1.52. The first-order chi connectivity index (χ1) is 14.6. The van der Waals surface area contributed by atoms with Crippen molar-refractivity contribution in [2.75, 3.05) is 36.1 Å². The highest BCUT2D eigenvalue weighted by Crippen LogP contribution is 2.42. The molecule has 0 bridgehead atoms. The van der Waals surface area contributed by atoms with Gasteiger partial charge in [0, 0.05) is 25.5 Å². The molecule has 0 radical (unpaired) electrons. The summed E-state index contributed by atoms with van der Waals surface area (Å²) >= 11 is 0. The highest BCUT2D eigenvalue weighted by molar-refractivity contribution is 5.88. The zero-order valence-corrected chi connectivity index (χ0v) is 17.2. The Morgan fingerprint density at radius 2 is 1.93 bits per heavy atom. The van der Waals surface area contributed by atoms with E-state index in [9.17, 15) is 4.39 Å². The zero-order valence-electron chi connectivity index (χ0n) is 17.2. The molecule has 3 atom stereocenters. The van der Waals surface area contributed by atoms with E-state index in [1.165, 1.54) is 6.92 Å². The number of alkyl halides is 1. The van der Waals surface area contributed by atoms with Crippen LogP contribution in [0, 0.1) is 0 Å². The van der Waals surface area contributed by atoms with Gasteiger partial charge in [-0.15, -0.1) is 0 Å². The van der Waals surface area contributed by atoms with Crippen molar-refractivity contribution in [2.45, 2.75) is 38.5 Å². The largest absolute Gasteiger partial charge is 0.377 e. The Balaban J connectivity index is 1.58. The average molecular weight is 408 g/mol. The van der Waals surface area contributed by atoms with E-state index >= 15 is 0 Å². The van der Waals surface area contributed by atoms with Crippen molar-refractivity contribution >= 4 is 22.8 Å². The molecule has 5 heterocycles. The molecule has 2 fully saturated rings. The van der Waals surface area contributed by atoms with Crippen LogP contribution in [0.5, 0.6) is 0 Å². The van der Waals surface area contributed by atoms with E-state index in [2.05, 4.69) is 26.7 Å². The van der Waals surface area contributed by atoms with Gasteiger partial charge in [-0.1, -0.05) is 6.07 Å². The van der Waals surface area contributed by atoms with E-state index in [1.807, 2.05) is 24.3 Å². The third-order valence-corrected chi connectivity index (χ3v) is 5.96. The number of halogens is 1. The second kappa shape index (κ2) is 7.75. The van der Waals surface area contributed by atoms with E-state index in [1.54, 1.807) is 12.4 Å². The molecule has 0 N–H and O–H groups in total. The minimum atomic E-state index is -1.11. The zero-order chi connectivity index (χ0) is 20.7. The molecule has 2 saturated heterocycles. The predicted molar refractivity (Wildman–Crippen MR) is 113 cm³/mol. The molecule has 30 heavy (non-hydrogen) atoms. The van der Waals surface area contributed by atoms with Gasteiger partial charge in [-0.3, -0.25) is 4.98 Å². The molecular weight excluding hydrogens is 383 g/mol. The van der Waals surface area contributed by atoms with Crippen molar-refractivity contribution in [2.24, 2.45) is 0 Å². The highest BCUT2D eigenvalue weighted by Gasteiger charge is 2.35. The Bertz CT molecular complexity index is 1060. The van der Waals surface area contributed by atoms with Crippen LogP contribution in [0.2, 0.25) is 0 Å². The summed E-state index contributed by atoms with van der Waals surface area (Å²) < 4.78 is 19.8. The fourth-order valence-corrected chi connectivity index (χ4v) is 4.32. The molecule has 2 aliphatic rings. The number of anilines is 2. The minimum absolute atomic E-state index is 0.0418. The predicted octanol–water partition coefficient (Wildman–Crippen LogP) is 3.63. The number of hydrogen-bond acceptors (Lipinski definition) is 7. The molecule has 5 rings (SSSR count). The lowest BCUT2D eigenvalue weighted by Gasteiger charge is -2.43. The van der Waals surface area contributed by atoms with Crippen LogP contribution in [0.3, 0.4) is 0 Å². The molecule has 2 aliphatic heterocycles. The van der Waals surface area contributed by atoms with Crippen molar-refractivity contribution < 1.29 is 9.13 Å². The molecule has 0 amide bonds. The fraction of sp³-hybridized carbons (Fsp3) is 0.455. The first-order valence-electron chi connectivity index (χ1n) is 10.5. The number of pyridine rings is 2. The number of fused-ring (bicyclic) bond motifs is 1. The van der Waals surface area contributed by atoms with Crippen molar-refractivity contribution in [3.8, 4) is 0 Å². The number of rotatable bonds is 4. The molecular formula is C22H25FN6O. The molecule has 0 spiro atoms. The molecule has 7 nitrogen and oxygen atoms in total. The second-order valence-corrected chi connectivity index (χ2v) is 7.93. The molecule has 3 aromatic heterocycles. The summed E-state index contributed by atoms with van der Waals surface area (Å²) in [6.45, 7) is 6.55. The minimum Gasteiger partial charge on any atom is -0.377 e. The van der Waals surface area contributed by atoms with E-state index in [0.29, 0.717) is 30.5 Å². The third kappa shape index (κ3) is 3.25. The Labute approximate surface area is 174 Å². The molecule has 0 aromatic carbocycles. The second-order valence-electron chi connectivity index (χ2n) is 7.93.